The van der Waals surface area contributed by atoms with Gasteiger partial charge in [0.05, 0.1) is 11.4 Å². The lowest BCUT2D eigenvalue weighted by Crippen LogP contribution is -2.35. The highest BCUT2D eigenvalue weighted by molar-refractivity contribution is 9.10. The number of nitrogens with zero attached hydrogens (tertiary/aromatic N) is 1. The van der Waals surface area contributed by atoms with Crippen molar-refractivity contribution in [2.75, 3.05) is 23.5 Å². The van der Waals surface area contributed by atoms with Gasteiger partial charge in [-0.25, -0.2) is 0 Å². The van der Waals surface area contributed by atoms with Gasteiger partial charge in [0, 0.05) is 17.6 Å². The third kappa shape index (κ3) is 3.58. The van der Waals surface area contributed by atoms with Gasteiger partial charge < -0.3 is 5.73 Å². The lowest BCUT2D eigenvalue weighted by molar-refractivity contribution is 0.449. The Labute approximate surface area is 110 Å². The van der Waals surface area contributed by atoms with Crippen molar-refractivity contribution in [3.8, 4) is 0 Å². The van der Waals surface area contributed by atoms with Gasteiger partial charge in [-0.3, -0.25) is 4.72 Å². The summed E-state index contributed by atoms with van der Waals surface area (Å²) in [5, 5.41) is 0. The van der Waals surface area contributed by atoms with Crippen LogP contribution in [0, 0.1) is 0 Å². The number of anilines is 2. The standard InChI is InChI=1S/C10H16BrN3O2S/c1-3-14(4-2)17(15,16)13-10-6-5-8(11)7-9(10)12/h5-7,13H,3-4,12H2,1-2H3. The number of nitrogens with two attached hydrogens (primary N) is 1. The molecule has 0 bridgehead atoms. The minimum Gasteiger partial charge on any atom is -0.397 e. The minimum atomic E-state index is -3.52. The maximum atomic E-state index is 11.9. The molecule has 3 N–H and O–H groups in total. The SMILES string of the molecule is CCN(CC)S(=O)(=O)Nc1ccc(Br)cc1N. The number of hydrogen-bond acceptors (Lipinski definition) is 3. The van der Waals surface area contributed by atoms with Crippen LogP contribution in [0.5, 0.6) is 0 Å². The largest absolute Gasteiger partial charge is 0.397 e. The fourth-order valence-corrected chi connectivity index (χ4v) is 3.05. The highest BCUT2D eigenvalue weighted by Gasteiger charge is 2.19. The summed E-state index contributed by atoms with van der Waals surface area (Å²) in [6, 6.07) is 5.01. The predicted octanol–water partition coefficient (Wildman–Crippen LogP) is 2.03. The van der Waals surface area contributed by atoms with E-state index in [4.69, 9.17) is 5.73 Å². The number of rotatable bonds is 5. The van der Waals surface area contributed by atoms with Gasteiger partial charge in [-0.2, -0.15) is 12.7 Å². The molecule has 0 atom stereocenters. The van der Waals surface area contributed by atoms with Crippen molar-refractivity contribution in [1.29, 1.82) is 0 Å². The van der Waals surface area contributed by atoms with E-state index in [1.807, 2.05) is 0 Å². The summed E-state index contributed by atoms with van der Waals surface area (Å²) in [6.45, 7) is 4.41. The molecule has 7 heteroatoms. The molecule has 0 saturated heterocycles. The molecule has 0 aliphatic heterocycles. The summed E-state index contributed by atoms with van der Waals surface area (Å²) in [4.78, 5) is 0. The second-order valence-electron chi connectivity index (χ2n) is 3.42. The van der Waals surface area contributed by atoms with Crippen molar-refractivity contribution in [3.05, 3.63) is 22.7 Å². The molecule has 1 rings (SSSR count). The molecular weight excluding hydrogens is 306 g/mol. The zero-order valence-electron chi connectivity index (χ0n) is 9.77. The molecule has 96 valence electrons. The van der Waals surface area contributed by atoms with Gasteiger partial charge >= 0.3 is 10.2 Å². The monoisotopic (exact) mass is 321 g/mol. The van der Waals surface area contributed by atoms with Gasteiger partial charge in [0.2, 0.25) is 0 Å². The second-order valence-corrected chi connectivity index (χ2v) is 6.01. The molecule has 5 nitrogen and oxygen atoms in total. The molecule has 0 saturated carbocycles. The van der Waals surface area contributed by atoms with Crippen molar-refractivity contribution < 1.29 is 8.42 Å². The first kappa shape index (κ1) is 14.3. The Morgan fingerprint density at radius 1 is 1.35 bits per heavy atom. The van der Waals surface area contributed by atoms with E-state index in [1.165, 1.54) is 4.31 Å². The fraction of sp³-hybridized carbons (Fsp3) is 0.400. The quantitative estimate of drug-likeness (QED) is 0.815. The third-order valence-corrected chi connectivity index (χ3v) is 4.47. The van der Waals surface area contributed by atoms with Crippen LogP contribution in [0.15, 0.2) is 22.7 Å². The molecule has 1 aromatic carbocycles. The molecule has 0 aliphatic carbocycles. The lowest BCUT2D eigenvalue weighted by Gasteiger charge is -2.20. The Hall–Kier alpha value is -0.790. The molecule has 0 heterocycles. The average Bonchev–Trinajstić information content (AvgIpc) is 2.23. The normalized spacial score (nSPS) is 11.8. The van der Waals surface area contributed by atoms with Gasteiger partial charge in [-0.15, -0.1) is 0 Å². The summed E-state index contributed by atoms with van der Waals surface area (Å²) >= 11 is 3.26. The molecule has 0 spiro atoms. The summed E-state index contributed by atoms with van der Waals surface area (Å²) in [6.07, 6.45) is 0. The lowest BCUT2D eigenvalue weighted by atomic mass is 10.3. The van der Waals surface area contributed by atoms with Crippen LogP contribution in [0.1, 0.15) is 13.8 Å². The number of benzene rings is 1. The predicted molar refractivity (Wildman–Crippen MR) is 74.0 cm³/mol. The van der Waals surface area contributed by atoms with Gasteiger partial charge in [-0.1, -0.05) is 29.8 Å². The molecule has 0 aromatic heterocycles. The molecule has 0 radical (unpaired) electrons. The number of halogens is 1. The number of hydrogen-bond donors (Lipinski definition) is 2. The second kappa shape index (κ2) is 5.70. The van der Waals surface area contributed by atoms with Crippen LogP contribution in [0.25, 0.3) is 0 Å². The van der Waals surface area contributed by atoms with Crippen molar-refractivity contribution in [3.63, 3.8) is 0 Å². The van der Waals surface area contributed by atoms with Crippen molar-refractivity contribution >= 4 is 37.5 Å². The summed E-state index contributed by atoms with van der Waals surface area (Å²) in [7, 11) is -3.52. The van der Waals surface area contributed by atoms with E-state index in [0.29, 0.717) is 24.5 Å². The number of nitrogen functional groups attached to an aromatic ring is 1. The highest BCUT2D eigenvalue weighted by Crippen LogP contribution is 2.24. The molecule has 0 unspecified atom stereocenters. The highest BCUT2D eigenvalue weighted by atomic mass is 79.9. The Morgan fingerprint density at radius 3 is 2.41 bits per heavy atom. The van der Waals surface area contributed by atoms with Crippen LogP contribution in [0.2, 0.25) is 0 Å². The van der Waals surface area contributed by atoms with E-state index < -0.39 is 10.2 Å². The summed E-state index contributed by atoms with van der Waals surface area (Å²) in [5.41, 5.74) is 6.51. The van der Waals surface area contributed by atoms with Gasteiger partial charge in [0.1, 0.15) is 0 Å². The first-order chi connectivity index (χ1) is 7.90. The van der Waals surface area contributed by atoms with Gasteiger partial charge in [0.25, 0.3) is 0 Å². The van der Waals surface area contributed by atoms with E-state index in [-0.39, 0.29) is 0 Å². The molecule has 0 amide bonds. The maximum Gasteiger partial charge on any atom is 0.301 e. The molecule has 0 aliphatic rings. The third-order valence-electron chi connectivity index (χ3n) is 2.30. The topological polar surface area (TPSA) is 75.4 Å². The first-order valence-corrected chi connectivity index (χ1v) is 7.47. The first-order valence-electron chi connectivity index (χ1n) is 5.23. The van der Waals surface area contributed by atoms with E-state index in [0.717, 1.165) is 4.47 Å². The van der Waals surface area contributed by atoms with Crippen molar-refractivity contribution in [1.82, 2.24) is 4.31 Å². The van der Waals surface area contributed by atoms with E-state index in [9.17, 15) is 8.42 Å². The van der Waals surface area contributed by atoms with Crippen LogP contribution in [-0.4, -0.2) is 25.8 Å². The smallest absolute Gasteiger partial charge is 0.301 e. The molecule has 1 aromatic rings. The Morgan fingerprint density at radius 2 is 1.94 bits per heavy atom. The zero-order chi connectivity index (χ0) is 13.1. The number of nitrogens with one attached hydrogen (secondary N) is 1. The van der Waals surface area contributed by atoms with E-state index >= 15 is 0 Å². The van der Waals surface area contributed by atoms with E-state index in [1.54, 1.807) is 32.0 Å². The molecule has 17 heavy (non-hydrogen) atoms. The van der Waals surface area contributed by atoms with Crippen LogP contribution in [0.3, 0.4) is 0 Å². The van der Waals surface area contributed by atoms with Crippen LogP contribution >= 0.6 is 15.9 Å². The summed E-state index contributed by atoms with van der Waals surface area (Å²) in [5.74, 6) is 0. The van der Waals surface area contributed by atoms with Gasteiger partial charge in [-0.05, 0) is 18.2 Å². The minimum absolute atomic E-state index is 0.384. The van der Waals surface area contributed by atoms with E-state index in [2.05, 4.69) is 20.7 Å². The fourth-order valence-electron chi connectivity index (χ4n) is 1.39. The summed E-state index contributed by atoms with van der Waals surface area (Å²) < 4.78 is 28.5. The average molecular weight is 322 g/mol. The molecule has 0 fully saturated rings. The Bertz CT molecular complexity index is 486. The Kier molecular flexibility index (Phi) is 4.79. The van der Waals surface area contributed by atoms with Crippen molar-refractivity contribution in [2.45, 2.75) is 13.8 Å². The molecular formula is C10H16BrN3O2S. The van der Waals surface area contributed by atoms with Crippen LogP contribution in [0.4, 0.5) is 11.4 Å². The van der Waals surface area contributed by atoms with Crippen LogP contribution < -0.4 is 10.5 Å². The Balaban J connectivity index is 2.98. The zero-order valence-corrected chi connectivity index (χ0v) is 12.2. The van der Waals surface area contributed by atoms with Gasteiger partial charge in [0.15, 0.2) is 0 Å². The van der Waals surface area contributed by atoms with Crippen molar-refractivity contribution in [2.24, 2.45) is 0 Å². The maximum absolute atomic E-state index is 11.9. The van der Waals surface area contributed by atoms with Crippen LogP contribution in [-0.2, 0) is 10.2 Å².